The Bertz CT molecular complexity index is 415. The molecule has 3 unspecified atom stereocenters. The van der Waals surface area contributed by atoms with Crippen molar-refractivity contribution in [2.75, 3.05) is 0 Å². The van der Waals surface area contributed by atoms with Gasteiger partial charge in [-0.25, -0.2) is 4.39 Å². The molecule has 1 aromatic rings. The molecule has 3 atom stereocenters. The van der Waals surface area contributed by atoms with Crippen molar-refractivity contribution in [1.82, 2.24) is 0 Å². The van der Waals surface area contributed by atoms with Crippen LogP contribution < -0.4 is 5.73 Å². The second-order valence-electron chi connectivity index (χ2n) is 5.84. The minimum atomic E-state index is -0.470. The quantitative estimate of drug-likeness (QED) is 0.788. The van der Waals surface area contributed by atoms with E-state index in [4.69, 9.17) is 5.73 Å². The third-order valence-electron chi connectivity index (χ3n) is 4.36. The van der Waals surface area contributed by atoms with Gasteiger partial charge in [0.25, 0.3) is 0 Å². The first-order chi connectivity index (χ1) is 7.92. The zero-order valence-electron chi connectivity index (χ0n) is 11.0. The van der Waals surface area contributed by atoms with Gasteiger partial charge in [-0.15, -0.1) is 0 Å². The average Bonchev–Trinajstić information content (AvgIpc) is 2.27. The fourth-order valence-electron chi connectivity index (χ4n) is 2.91. The summed E-state index contributed by atoms with van der Waals surface area (Å²) in [4.78, 5) is 0. The molecule has 17 heavy (non-hydrogen) atoms. The maximum Gasteiger partial charge on any atom is 0.128 e. The molecular weight excluding hydrogens is 213 g/mol. The molecule has 0 heterocycles. The Hall–Kier alpha value is -0.890. The minimum Gasteiger partial charge on any atom is -0.321 e. The molecule has 2 N–H and O–H groups in total. The van der Waals surface area contributed by atoms with Crippen LogP contribution in [0, 0.1) is 24.6 Å². The molecule has 2 heteroatoms. The van der Waals surface area contributed by atoms with Crippen molar-refractivity contribution in [1.29, 1.82) is 0 Å². The van der Waals surface area contributed by atoms with Gasteiger partial charge in [-0.1, -0.05) is 31.5 Å². The van der Waals surface area contributed by atoms with Crippen molar-refractivity contribution in [2.24, 2.45) is 17.6 Å². The fraction of sp³-hybridized carbons (Fsp3) is 0.600. The molecule has 0 saturated heterocycles. The molecule has 0 spiro atoms. The molecule has 1 aliphatic carbocycles. The van der Waals surface area contributed by atoms with E-state index in [-0.39, 0.29) is 5.82 Å². The highest BCUT2D eigenvalue weighted by Gasteiger charge is 2.37. The number of aryl methyl sites for hydroxylation is 1. The maximum atomic E-state index is 13.9. The normalized spacial score (nSPS) is 33.7. The Labute approximate surface area is 103 Å². The summed E-state index contributed by atoms with van der Waals surface area (Å²) in [5.74, 6) is 1.10. The highest BCUT2D eigenvalue weighted by atomic mass is 19.1. The van der Waals surface area contributed by atoms with Gasteiger partial charge in [0.1, 0.15) is 5.82 Å². The van der Waals surface area contributed by atoms with Gasteiger partial charge < -0.3 is 5.73 Å². The smallest absolute Gasteiger partial charge is 0.128 e. The first-order valence-electron chi connectivity index (χ1n) is 6.48. The first-order valence-corrected chi connectivity index (χ1v) is 6.48. The molecule has 1 aliphatic rings. The zero-order chi connectivity index (χ0) is 12.6. The van der Waals surface area contributed by atoms with Gasteiger partial charge in [0, 0.05) is 11.1 Å². The highest BCUT2D eigenvalue weighted by molar-refractivity contribution is 5.31. The first kappa shape index (κ1) is 12.6. The topological polar surface area (TPSA) is 26.0 Å². The van der Waals surface area contributed by atoms with Crippen LogP contribution in [0.3, 0.4) is 0 Å². The SMILES string of the molecule is Cc1ccc(F)c(C2(N)CCC(C)C(C)C2)c1. The van der Waals surface area contributed by atoms with Crippen LogP contribution in [-0.2, 0) is 5.54 Å². The minimum absolute atomic E-state index is 0.153. The van der Waals surface area contributed by atoms with E-state index in [2.05, 4.69) is 13.8 Å². The Morgan fingerprint density at radius 2 is 2.00 bits per heavy atom. The maximum absolute atomic E-state index is 13.9. The van der Waals surface area contributed by atoms with Crippen molar-refractivity contribution >= 4 is 0 Å². The van der Waals surface area contributed by atoms with E-state index < -0.39 is 5.54 Å². The third kappa shape index (κ3) is 2.37. The summed E-state index contributed by atoms with van der Waals surface area (Å²) in [5, 5.41) is 0. The Morgan fingerprint density at radius 1 is 1.29 bits per heavy atom. The number of hydrogen-bond donors (Lipinski definition) is 1. The summed E-state index contributed by atoms with van der Waals surface area (Å²) < 4.78 is 13.9. The molecule has 1 saturated carbocycles. The molecule has 1 nitrogen and oxygen atoms in total. The van der Waals surface area contributed by atoms with Gasteiger partial charge in [0.15, 0.2) is 0 Å². The van der Waals surface area contributed by atoms with E-state index in [9.17, 15) is 4.39 Å². The van der Waals surface area contributed by atoms with E-state index in [0.29, 0.717) is 17.4 Å². The summed E-state index contributed by atoms with van der Waals surface area (Å²) >= 11 is 0. The molecule has 0 amide bonds. The lowest BCUT2D eigenvalue weighted by Gasteiger charge is -2.40. The van der Waals surface area contributed by atoms with Gasteiger partial charge in [-0.3, -0.25) is 0 Å². The van der Waals surface area contributed by atoms with E-state index in [1.165, 1.54) is 0 Å². The van der Waals surface area contributed by atoms with Crippen molar-refractivity contribution in [3.05, 3.63) is 35.1 Å². The van der Waals surface area contributed by atoms with Crippen molar-refractivity contribution in [3.8, 4) is 0 Å². The number of nitrogens with two attached hydrogens (primary N) is 1. The van der Waals surface area contributed by atoms with Crippen LogP contribution in [0.1, 0.15) is 44.2 Å². The fourth-order valence-corrected chi connectivity index (χ4v) is 2.91. The zero-order valence-corrected chi connectivity index (χ0v) is 11.0. The Kier molecular flexibility index (Phi) is 3.26. The number of benzene rings is 1. The summed E-state index contributed by atoms with van der Waals surface area (Å²) in [6.45, 7) is 6.47. The van der Waals surface area contributed by atoms with Crippen LogP contribution >= 0.6 is 0 Å². The number of halogens is 1. The molecule has 94 valence electrons. The third-order valence-corrected chi connectivity index (χ3v) is 4.36. The molecular formula is C15H22FN. The monoisotopic (exact) mass is 235 g/mol. The Balaban J connectivity index is 2.35. The van der Waals surface area contributed by atoms with Gasteiger partial charge in [-0.2, -0.15) is 0 Å². The van der Waals surface area contributed by atoms with Crippen molar-refractivity contribution < 1.29 is 4.39 Å². The second-order valence-corrected chi connectivity index (χ2v) is 5.84. The molecule has 0 aromatic heterocycles. The van der Waals surface area contributed by atoms with E-state index in [0.717, 1.165) is 24.8 Å². The highest BCUT2D eigenvalue weighted by Crippen LogP contribution is 2.41. The predicted octanol–water partition coefficient (Wildman–Crippen LogP) is 3.74. The van der Waals surface area contributed by atoms with Crippen molar-refractivity contribution in [3.63, 3.8) is 0 Å². The van der Waals surface area contributed by atoms with Gasteiger partial charge in [0.05, 0.1) is 0 Å². The molecule has 0 bridgehead atoms. The van der Waals surface area contributed by atoms with Crippen LogP contribution in [0.5, 0.6) is 0 Å². The lowest BCUT2D eigenvalue weighted by Crippen LogP contribution is -2.43. The number of hydrogen-bond acceptors (Lipinski definition) is 1. The molecule has 0 radical (unpaired) electrons. The lowest BCUT2D eigenvalue weighted by atomic mass is 9.68. The predicted molar refractivity (Wildman–Crippen MR) is 69.2 cm³/mol. The summed E-state index contributed by atoms with van der Waals surface area (Å²) in [5.41, 5.74) is 7.78. The summed E-state index contributed by atoms with van der Waals surface area (Å²) in [6, 6.07) is 5.26. The second kappa shape index (κ2) is 4.41. The number of rotatable bonds is 1. The largest absolute Gasteiger partial charge is 0.321 e. The van der Waals surface area contributed by atoms with E-state index >= 15 is 0 Å². The average molecular weight is 235 g/mol. The van der Waals surface area contributed by atoms with Crippen LogP contribution in [0.4, 0.5) is 4.39 Å². The van der Waals surface area contributed by atoms with E-state index in [1.54, 1.807) is 12.1 Å². The van der Waals surface area contributed by atoms with Crippen LogP contribution in [0.15, 0.2) is 18.2 Å². The lowest BCUT2D eigenvalue weighted by molar-refractivity contribution is 0.173. The standard InChI is InChI=1S/C15H22FN/c1-10-4-5-14(16)13(8-10)15(17)7-6-11(2)12(3)9-15/h4-5,8,11-12H,6-7,9,17H2,1-3H3. The van der Waals surface area contributed by atoms with Crippen LogP contribution in [0.2, 0.25) is 0 Å². The molecule has 1 aromatic carbocycles. The molecule has 2 rings (SSSR count). The molecule has 1 fully saturated rings. The van der Waals surface area contributed by atoms with E-state index in [1.807, 2.05) is 13.0 Å². The van der Waals surface area contributed by atoms with Crippen LogP contribution in [0.25, 0.3) is 0 Å². The van der Waals surface area contributed by atoms with Crippen LogP contribution in [-0.4, -0.2) is 0 Å². The summed E-state index contributed by atoms with van der Waals surface area (Å²) in [7, 11) is 0. The van der Waals surface area contributed by atoms with Crippen molar-refractivity contribution in [2.45, 2.75) is 45.6 Å². The van der Waals surface area contributed by atoms with Gasteiger partial charge in [0.2, 0.25) is 0 Å². The summed E-state index contributed by atoms with van der Waals surface area (Å²) in [6.07, 6.45) is 2.86. The molecule has 0 aliphatic heterocycles. The Morgan fingerprint density at radius 3 is 2.65 bits per heavy atom. The van der Waals surface area contributed by atoms with Gasteiger partial charge >= 0.3 is 0 Å². The van der Waals surface area contributed by atoms with Gasteiger partial charge in [-0.05, 0) is 44.1 Å².